The summed E-state index contributed by atoms with van der Waals surface area (Å²) < 4.78 is 0. The van der Waals surface area contributed by atoms with Crippen LogP contribution >= 0.6 is 0 Å². The van der Waals surface area contributed by atoms with Crippen LogP contribution < -0.4 is 5.73 Å². The van der Waals surface area contributed by atoms with E-state index in [1.165, 1.54) is 38.2 Å². The van der Waals surface area contributed by atoms with Crippen LogP contribution in [0.3, 0.4) is 0 Å². The molecular weight excluding hydrogens is 214 g/mol. The van der Waals surface area contributed by atoms with Crippen LogP contribution in [0.15, 0.2) is 18.2 Å². The summed E-state index contributed by atoms with van der Waals surface area (Å²) in [6.45, 7) is 0. The number of aromatic hydroxyl groups is 1. The molecule has 0 unspecified atom stereocenters. The van der Waals surface area contributed by atoms with E-state index in [2.05, 4.69) is 0 Å². The summed E-state index contributed by atoms with van der Waals surface area (Å²) in [4.78, 5) is 11.3. The van der Waals surface area contributed by atoms with Crippen LogP contribution in [0.25, 0.3) is 0 Å². The van der Waals surface area contributed by atoms with Crippen LogP contribution in [0.5, 0.6) is 5.75 Å². The maximum absolute atomic E-state index is 11.3. The van der Waals surface area contributed by atoms with Crippen molar-refractivity contribution < 1.29 is 9.90 Å². The molecule has 0 spiro atoms. The number of phenols is 1. The SMILES string of the molecule is NC(=O)c1cc(O)ccc1CC1CCCCC1. The second-order valence-electron chi connectivity index (χ2n) is 4.91. The number of phenolic OH excluding ortho intramolecular Hbond substituents is 1. The van der Waals surface area contributed by atoms with Crippen molar-refractivity contribution in [1.29, 1.82) is 0 Å². The van der Waals surface area contributed by atoms with Gasteiger partial charge in [-0.25, -0.2) is 0 Å². The van der Waals surface area contributed by atoms with Crippen molar-refractivity contribution in [2.45, 2.75) is 38.5 Å². The highest BCUT2D eigenvalue weighted by molar-refractivity contribution is 5.94. The molecule has 3 heteroatoms. The quantitative estimate of drug-likeness (QED) is 0.843. The van der Waals surface area contributed by atoms with Gasteiger partial charge in [0, 0.05) is 5.56 Å². The predicted octanol–water partition coefficient (Wildman–Crippen LogP) is 2.61. The Bertz CT molecular complexity index is 409. The summed E-state index contributed by atoms with van der Waals surface area (Å²) >= 11 is 0. The highest BCUT2D eigenvalue weighted by Gasteiger charge is 2.17. The number of primary amides is 1. The molecule has 1 aliphatic rings. The van der Waals surface area contributed by atoms with Gasteiger partial charge in [-0.2, -0.15) is 0 Å². The van der Waals surface area contributed by atoms with Gasteiger partial charge in [0.1, 0.15) is 5.75 Å². The fraction of sp³-hybridized carbons (Fsp3) is 0.500. The Morgan fingerprint density at radius 2 is 2.00 bits per heavy atom. The topological polar surface area (TPSA) is 63.3 Å². The van der Waals surface area contributed by atoms with Crippen molar-refractivity contribution in [3.8, 4) is 5.75 Å². The number of nitrogens with two attached hydrogens (primary N) is 1. The van der Waals surface area contributed by atoms with Gasteiger partial charge in [-0.05, 0) is 30.0 Å². The maximum atomic E-state index is 11.3. The normalized spacial score (nSPS) is 16.9. The van der Waals surface area contributed by atoms with Crippen LogP contribution in [-0.2, 0) is 6.42 Å². The minimum Gasteiger partial charge on any atom is -0.508 e. The number of hydrogen-bond acceptors (Lipinski definition) is 2. The second kappa shape index (κ2) is 5.21. The van der Waals surface area contributed by atoms with Gasteiger partial charge in [0.05, 0.1) is 0 Å². The van der Waals surface area contributed by atoms with Gasteiger partial charge < -0.3 is 10.8 Å². The zero-order valence-electron chi connectivity index (χ0n) is 9.98. The molecule has 0 aliphatic heterocycles. The molecule has 1 amide bonds. The lowest BCUT2D eigenvalue weighted by Gasteiger charge is -2.22. The van der Waals surface area contributed by atoms with Crippen molar-refractivity contribution in [1.82, 2.24) is 0 Å². The van der Waals surface area contributed by atoms with Crippen LogP contribution in [0, 0.1) is 5.92 Å². The Labute approximate surface area is 102 Å². The number of hydrogen-bond donors (Lipinski definition) is 2. The third-order valence-corrected chi connectivity index (χ3v) is 3.59. The molecule has 0 heterocycles. The lowest BCUT2D eigenvalue weighted by Crippen LogP contribution is -2.16. The molecule has 0 saturated heterocycles. The molecule has 0 radical (unpaired) electrons. The van der Waals surface area contributed by atoms with E-state index in [9.17, 15) is 9.90 Å². The third-order valence-electron chi connectivity index (χ3n) is 3.59. The first-order chi connectivity index (χ1) is 8.16. The molecule has 1 aromatic carbocycles. The van der Waals surface area contributed by atoms with Crippen LogP contribution in [0.2, 0.25) is 0 Å². The first-order valence-electron chi connectivity index (χ1n) is 6.28. The summed E-state index contributed by atoms with van der Waals surface area (Å²) in [6, 6.07) is 4.93. The molecule has 1 saturated carbocycles. The summed E-state index contributed by atoms with van der Waals surface area (Å²) in [5.74, 6) is 0.310. The lowest BCUT2D eigenvalue weighted by atomic mass is 9.84. The zero-order valence-corrected chi connectivity index (χ0v) is 9.98. The summed E-state index contributed by atoms with van der Waals surface area (Å²) in [6.07, 6.45) is 7.27. The van der Waals surface area contributed by atoms with Gasteiger partial charge >= 0.3 is 0 Å². The average Bonchev–Trinajstić information content (AvgIpc) is 2.32. The fourth-order valence-electron chi connectivity index (χ4n) is 2.67. The van der Waals surface area contributed by atoms with E-state index in [4.69, 9.17) is 5.73 Å². The smallest absolute Gasteiger partial charge is 0.249 e. The van der Waals surface area contributed by atoms with Gasteiger partial charge in [-0.15, -0.1) is 0 Å². The molecule has 0 atom stereocenters. The molecule has 1 aromatic rings. The van der Waals surface area contributed by atoms with E-state index < -0.39 is 5.91 Å². The van der Waals surface area contributed by atoms with E-state index in [0.717, 1.165) is 12.0 Å². The van der Waals surface area contributed by atoms with Crippen LogP contribution in [-0.4, -0.2) is 11.0 Å². The molecule has 1 aliphatic carbocycles. The van der Waals surface area contributed by atoms with Crippen molar-refractivity contribution >= 4 is 5.91 Å². The van der Waals surface area contributed by atoms with Gasteiger partial charge in [-0.1, -0.05) is 38.2 Å². The van der Waals surface area contributed by atoms with Gasteiger partial charge in [0.15, 0.2) is 0 Å². The fourth-order valence-corrected chi connectivity index (χ4v) is 2.67. The monoisotopic (exact) mass is 233 g/mol. The van der Waals surface area contributed by atoms with Gasteiger partial charge in [0.2, 0.25) is 5.91 Å². The zero-order chi connectivity index (χ0) is 12.3. The van der Waals surface area contributed by atoms with Crippen LogP contribution in [0.1, 0.15) is 48.0 Å². The number of rotatable bonds is 3. The van der Waals surface area contributed by atoms with Gasteiger partial charge in [-0.3, -0.25) is 4.79 Å². The van der Waals surface area contributed by atoms with Crippen molar-refractivity contribution in [2.24, 2.45) is 11.7 Å². The summed E-state index contributed by atoms with van der Waals surface area (Å²) in [5.41, 5.74) is 6.78. The molecule has 92 valence electrons. The first kappa shape index (κ1) is 12.0. The van der Waals surface area contributed by atoms with Crippen molar-refractivity contribution in [3.63, 3.8) is 0 Å². The van der Waals surface area contributed by atoms with Crippen LogP contribution in [0.4, 0.5) is 0 Å². The molecular formula is C14H19NO2. The molecule has 1 fully saturated rings. The Morgan fingerprint density at radius 3 is 2.65 bits per heavy atom. The van der Waals surface area contributed by atoms with E-state index in [-0.39, 0.29) is 5.75 Å². The summed E-state index contributed by atoms with van der Waals surface area (Å²) in [5, 5.41) is 9.38. The summed E-state index contributed by atoms with van der Waals surface area (Å²) in [7, 11) is 0. The van der Waals surface area contributed by atoms with Crippen molar-refractivity contribution in [3.05, 3.63) is 29.3 Å². The Balaban J connectivity index is 2.16. The largest absolute Gasteiger partial charge is 0.508 e. The average molecular weight is 233 g/mol. The van der Waals surface area contributed by atoms with E-state index >= 15 is 0 Å². The predicted molar refractivity (Wildman–Crippen MR) is 66.9 cm³/mol. The minimum absolute atomic E-state index is 0.103. The molecule has 0 bridgehead atoms. The maximum Gasteiger partial charge on any atom is 0.249 e. The highest BCUT2D eigenvalue weighted by atomic mass is 16.3. The van der Waals surface area contributed by atoms with E-state index in [0.29, 0.717) is 11.5 Å². The number of carbonyl (C=O) groups excluding carboxylic acids is 1. The van der Waals surface area contributed by atoms with Gasteiger partial charge in [0.25, 0.3) is 0 Å². The Kier molecular flexibility index (Phi) is 3.67. The first-order valence-corrected chi connectivity index (χ1v) is 6.28. The molecule has 3 N–H and O–H groups in total. The van der Waals surface area contributed by atoms with Crippen molar-refractivity contribution in [2.75, 3.05) is 0 Å². The molecule has 3 nitrogen and oxygen atoms in total. The van der Waals surface area contributed by atoms with E-state index in [1.54, 1.807) is 6.07 Å². The lowest BCUT2D eigenvalue weighted by molar-refractivity contribution is 0.0998. The number of carbonyl (C=O) groups is 1. The van der Waals surface area contributed by atoms with E-state index in [1.807, 2.05) is 6.07 Å². The third kappa shape index (κ3) is 2.99. The molecule has 17 heavy (non-hydrogen) atoms. The standard InChI is InChI=1S/C14H19NO2/c15-14(17)13-9-12(16)7-6-11(13)8-10-4-2-1-3-5-10/h6-7,9-10,16H,1-5,8H2,(H2,15,17). The minimum atomic E-state index is -0.452. The molecule has 0 aromatic heterocycles. The molecule has 2 rings (SSSR count). The highest BCUT2D eigenvalue weighted by Crippen LogP contribution is 2.28. The number of amides is 1. The second-order valence-corrected chi connectivity index (χ2v) is 4.91. The Hall–Kier alpha value is -1.51. The number of benzene rings is 1. The Morgan fingerprint density at radius 1 is 1.29 bits per heavy atom.